The van der Waals surface area contributed by atoms with Gasteiger partial charge in [-0.2, -0.15) is 0 Å². The number of aliphatic hydroxyl groups is 1. The van der Waals surface area contributed by atoms with E-state index < -0.39 is 6.10 Å². The predicted molar refractivity (Wildman–Crippen MR) is 97.0 cm³/mol. The largest absolute Gasteiger partial charge is 0.454 e. The zero-order valence-corrected chi connectivity index (χ0v) is 15.3. The van der Waals surface area contributed by atoms with E-state index in [1.165, 1.54) is 0 Å². The van der Waals surface area contributed by atoms with Gasteiger partial charge >= 0.3 is 0 Å². The Hall–Kier alpha value is -1.67. The number of nitrogens with one attached hydrogen (secondary N) is 1. The Kier molecular flexibility index (Phi) is 6.25. The van der Waals surface area contributed by atoms with Gasteiger partial charge in [0.1, 0.15) is 5.01 Å². The van der Waals surface area contributed by atoms with E-state index >= 15 is 0 Å². The van der Waals surface area contributed by atoms with Crippen molar-refractivity contribution in [3.05, 3.63) is 29.3 Å². The van der Waals surface area contributed by atoms with Crippen LogP contribution in [0.5, 0.6) is 11.5 Å². The summed E-state index contributed by atoms with van der Waals surface area (Å²) in [6.45, 7) is 6.56. The zero-order chi connectivity index (χ0) is 17.6. The van der Waals surface area contributed by atoms with Gasteiger partial charge in [-0.1, -0.05) is 13.8 Å². The highest BCUT2D eigenvalue weighted by Crippen LogP contribution is 2.36. The summed E-state index contributed by atoms with van der Waals surface area (Å²) >= 11 is 1.59. The van der Waals surface area contributed by atoms with Crippen molar-refractivity contribution in [1.29, 1.82) is 0 Å². The SMILES string of the molecule is CC(C)COCC(O)CNCc1csc(-c2ccc3c(c2)OCO3)n1. The molecule has 0 saturated heterocycles. The number of fused-ring (bicyclic) bond motifs is 1. The van der Waals surface area contributed by atoms with Gasteiger partial charge in [0.25, 0.3) is 0 Å². The van der Waals surface area contributed by atoms with Crippen molar-refractivity contribution in [3.8, 4) is 22.1 Å². The van der Waals surface area contributed by atoms with Crippen LogP contribution in [0.3, 0.4) is 0 Å². The molecule has 0 amide bonds. The quantitative estimate of drug-likeness (QED) is 0.713. The first-order valence-electron chi connectivity index (χ1n) is 8.43. The summed E-state index contributed by atoms with van der Waals surface area (Å²) in [6, 6.07) is 5.85. The van der Waals surface area contributed by atoms with E-state index in [9.17, 15) is 5.11 Å². The van der Waals surface area contributed by atoms with Crippen molar-refractivity contribution in [2.24, 2.45) is 5.92 Å². The lowest BCUT2D eigenvalue weighted by Gasteiger charge is -2.13. The normalized spacial score (nSPS) is 14.2. The van der Waals surface area contributed by atoms with Crippen molar-refractivity contribution < 1.29 is 19.3 Å². The molecule has 1 aliphatic heterocycles. The fourth-order valence-electron chi connectivity index (χ4n) is 2.42. The first-order chi connectivity index (χ1) is 12.1. The molecular weight excluding hydrogens is 340 g/mol. The van der Waals surface area contributed by atoms with E-state index in [1.807, 2.05) is 23.6 Å². The molecule has 1 aromatic carbocycles. The van der Waals surface area contributed by atoms with Crippen LogP contribution in [0.4, 0.5) is 0 Å². The second-order valence-corrected chi connectivity index (χ2v) is 7.29. The molecule has 136 valence electrons. The number of nitrogens with zero attached hydrogens (tertiary/aromatic N) is 1. The number of thiazole rings is 1. The van der Waals surface area contributed by atoms with Crippen LogP contribution in [0.25, 0.3) is 10.6 Å². The molecule has 2 heterocycles. The zero-order valence-electron chi connectivity index (χ0n) is 14.5. The lowest BCUT2D eigenvalue weighted by atomic mass is 10.2. The first kappa shape index (κ1) is 18.1. The second kappa shape index (κ2) is 8.62. The van der Waals surface area contributed by atoms with Crippen LogP contribution in [-0.2, 0) is 11.3 Å². The van der Waals surface area contributed by atoms with Crippen LogP contribution in [-0.4, -0.2) is 42.7 Å². The minimum absolute atomic E-state index is 0.273. The Bertz CT molecular complexity index is 689. The molecule has 25 heavy (non-hydrogen) atoms. The smallest absolute Gasteiger partial charge is 0.231 e. The van der Waals surface area contributed by atoms with Gasteiger partial charge < -0.3 is 24.6 Å². The molecule has 1 atom stereocenters. The second-order valence-electron chi connectivity index (χ2n) is 6.43. The molecule has 0 fully saturated rings. The lowest BCUT2D eigenvalue weighted by molar-refractivity contribution is 0.0260. The molecule has 3 rings (SSSR count). The highest BCUT2D eigenvalue weighted by atomic mass is 32.1. The molecule has 2 N–H and O–H groups in total. The van der Waals surface area contributed by atoms with Gasteiger partial charge in [0, 0.05) is 30.6 Å². The molecule has 7 heteroatoms. The Balaban J connectivity index is 1.46. The van der Waals surface area contributed by atoms with Crippen LogP contribution >= 0.6 is 11.3 Å². The van der Waals surface area contributed by atoms with E-state index in [1.54, 1.807) is 11.3 Å². The van der Waals surface area contributed by atoms with Crippen molar-refractivity contribution in [2.45, 2.75) is 26.5 Å². The number of aliphatic hydroxyl groups excluding tert-OH is 1. The third kappa shape index (κ3) is 5.15. The molecule has 0 spiro atoms. The van der Waals surface area contributed by atoms with Gasteiger partial charge in [-0.25, -0.2) is 4.98 Å². The minimum atomic E-state index is -0.509. The Labute approximate surface area is 151 Å². The first-order valence-corrected chi connectivity index (χ1v) is 9.30. The van der Waals surface area contributed by atoms with Crippen molar-refractivity contribution >= 4 is 11.3 Å². The molecule has 0 saturated carbocycles. The molecule has 0 aliphatic carbocycles. The summed E-state index contributed by atoms with van der Waals surface area (Å²) in [6.07, 6.45) is -0.509. The average molecular weight is 364 g/mol. The summed E-state index contributed by atoms with van der Waals surface area (Å²) in [4.78, 5) is 4.63. The monoisotopic (exact) mass is 364 g/mol. The van der Waals surface area contributed by atoms with E-state index in [0.29, 0.717) is 32.2 Å². The highest BCUT2D eigenvalue weighted by molar-refractivity contribution is 7.13. The van der Waals surface area contributed by atoms with Crippen molar-refractivity contribution in [3.63, 3.8) is 0 Å². The third-order valence-electron chi connectivity index (χ3n) is 3.62. The molecule has 0 bridgehead atoms. The van der Waals surface area contributed by atoms with Crippen LogP contribution in [0, 0.1) is 5.92 Å². The number of hydrogen-bond donors (Lipinski definition) is 2. The molecule has 1 unspecified atom stereocenters. The summed E-state index contributed by atoms with van der Waals surface area (Å²) < 4.78 is 16.2. The lowest BCUT2D eigenvalue weighted by Crippen LogP contribution is -2.30. The van der Waals surface area contributed by atoms with E-state index in [-0.39, 0.29) is 6.79 Å². The van der Waals surface area contributed by atoms with E-state index in [4.69, 9.17) is 14.2 Å². The van der Waals surface area contributed by atoms with Gasteiger partial charge in [0.2, 0.25) is 6.79 Å². The van der Waals surface area contributed by atoms with Crippen LogP contribution < -0.4 is 14.8 Å². The summed E-state index contributed by atoms with van der Waals surface area (Å²) in [5.74, 6) is 2.01. The Morgan fingerprint density at radius 2 is 2.12 bits per heavy atom. The van der Waals surface area contributed by atoms with Gasteiger partial charge in [-0.15, -0.1) is 11.3 Å². The average Bonchev–Trinajstić information content (AvgIpc) is 3.22. The van der Waals surface area contributed by atoms with Gasteiger partial charge in [-0.3, -0.25) is 0 Å². The number of aromatic nitrogens is 1. The van der Waals surface area contributed by atoms with E-state index in [2.05, 4.69) is 24.1 Å². The predicted octanol–water partition coefficient (Wildman–Crippen LogP) is 2.66. The topological polar surface area (TPSA) is 72.8 Å². The third-order valence-corrected chi connectivity index (χ3v) is 4.56. The number of rotatable bonds is 9. The van der Waals surface area contributed by atoms with Gasteiger partial charge in [0.15, 0.2) is 11.5 Å². The Morgan fingerprint density at radius 1 is 1.28 bits per heavy atom. The summed E-state index contributed by atoms with van der Waals surface area (Å²) in [5, 5.41) is 16.1. The maximum absolute atomic E-state index is 9.88. The molecular formula is C18H24N2O4S. The van der Waals surface area contributed by atoms with Gasteiger partial charge in [-0.05, 0) is 24.1 Å². The van der Waals surface area contributed by atoms with Crippen LogP contribution in [0.15, 0.2) is 23.6 Å². The standard InChI is InChI=1S/C18H24N2O4S/c1-12(2)8-22-9-15(21)7-19-6-14-10-25-18(20-14)13-3-4-16-17(5-13)24-11-23-16/h3-5,10,12,15,19,21H,6-9,11H2,1-2H3. The summed E-state index contributed by atoms with van der Waals surface area (Å²) in [5.41, 5.74) is 1.97. The fraction of sp³-hybridized carbons (Fsp3) is 0.500. The number of hydrogen-bond acceptors (Lipinski definition) is 7. The van der Waals surface area contributed by atoms with E-state index in [0.717, 1.165) is 27.8 Å². The molecule has 1 aromatic heterocycles. The van der Waals surface area contributed by atoms with Gasteiger partial charge in [0.05, 0.1) is 18.4 Å². The molecule has 2 aromatic rings. The Morgan fingerprint density at radius 3 is 2.96 bits per heavy atom. The number of benzene rings is 1. The van der Waals surface area contributed by atoms with Crippen LogP contribution in [0.2, 0.25) is 0 Å². The maximum Gasteiger partial charge on any atom is 0.231 e. The number of ether oxygens (including phenoxy) is 3. The fourth-order valence-corrected chi connectivity index (χ4v) is 3.23. The minimum Gasteiger partial charge on any atom is -0.454 e. The van der Waals surface area contributed by atoms with Crippen molar-refractivity contribution in [1.82, 2.24) is 10.3 Å². The van der Waals surface area contributed by atoms with Crippen LogP contribution in [0.1, 0.15) is 19.5 Å². The summed E-state index contributed by atoms with van der Waals surface area (Å²) in [7, 11) is 0. The maximum atomic E-state index is 9.88. The molecule has 0 radical (unpaired) electrons. The molecule has 1 aliphatic rings. The van der Waals surface area contributed by atoms with Crippen molar-refractivity contribution in [2.75, 3.05) is 26.6 Å². The molecule has 6 nitrogen and oxygen atoms in total. The highest BCUT2D eigenvalue weighted by Gasteiger charge is 2.15.